The number of carbonyl (C=O) groups is 1. The minimum atomic E-state index is -0.153. The van der Waals surface area contributed by atoms with Crippen LogP contribution in [-0.4, -0.2) is 12.4 Å². The molecule has 0 saturated heterocycles. The first-order valence-electron chi connectivity index (χ1n) is 6.58. The number of Topliss-reactive ketones (excluding diaryl/α,β-unsaturated/α-hetero) is 1. The molecule has 0 radical (unpaired) electrons. The highest BCUT2D eigenvalue weighted by Crippen LogP contribution is 2.14. The molecule has 0 aliphatic carbocycles. The fourth-order valence-corrected chi connectivity index (χ4v) is 1.79. The Labute approximate surface area is 113 Å². The zero-order valence-electron chi connectivity index (χ0n) is 11.1. The number of benzene rings is 1. The maximum Gasteiger partial charge on any atom is 0.235 e. The van der Waals surface area contributed by atoms with E-state index in [4.69, 9.17) is 9.15 Å². The highest BCUT2D eigenvalue weighted by molar-refractivity contribution is 5.94. The summed E-state index contributed by atoms with van der Waals surface area (Å²) in [6.45, 7) is 2.18. The van der Waals surface area contributed by atoms with E-state index in [1.165, 1.54) is 24.7 Å². The maximum atomic E-state index is 11.7. The Hall–Kier alpha value is -2.03. The molecule has 0 aliphatic rings. The van der Waals surface area contributed by atoms with E-state index in [0.29, 0.717) is 11.5 Å². The second kappa shape index (κ2) is 6.78. The van der Waals surface area contributed by atoms with Gasteiger partial charge >= 0.3 is 0 Å². The molecule has 1 heterocycles. The van der Waals surface area contributed by atoms with Crippen LogP contribution in [0.15, 0.2) is 47.1 Å². The fourth-order valence-electron chi connectivity index (χ4n) is 1.79. The zero-order valence-corrected chi connectivity index (χ0v) is 11.1. The predicted octanol–water partition coefficient (Wildman–Crippen LogP) is 3.88. The van der Waals surface area contributed by atoms with Crippen molar-refractivity contribution in [1.82, 2.24) is 0 Å². The summed E-state index contributed by atoms with van der Waals surface area (Å²) in [6.07, 6.45) is 4.95. The Balaban J connectivity index is 1.84. The van der Waals surface area contributed by atoms with Gasteiger partial charge in [-0.05, 0) is 42.7 Å². The molecule has 3 nitrogen and oxygen atoms in total. The maximum absolute atomic E-state index is 11.7. The quantitative estimate of drug-likeness (QED) is 0.707. The SMILES string of the molecule is CCCCc1ccc(OCC(=O)c2ccco2)cc1. The monoisotopic (exact) mass is 258 g/mol. The van der Waals surface area contributed by atoms with Crippen LogP contribution < -0.4 is 4.74 Å². The molecule has 1 aromatic heterocycles. The van der Waals surface area contributed by atoms with Crippen molar-refractivity contribution >= 4 is 5.78 Å². The Morgan fingerprint density at radius 1 is 1.21 bits per heavy atom. The number of ether oxygens (including phenoxy) is 1. The van der Waals surface area contributed by atoms with E-state index in [-0.39, 0.29) is 12.4 Å². The minimum absolute atomic E-state index is 0.00181. The molecule has 0 aliphatic heterocycles. The lowest BCUT2D eigenvalue weighted by molar-refractivity contribution is 0.0894. The van der Waals surface area contributed by atoms with Crippen molar-refractivity contribution in [3.05, 3.63) is 54.0 Å². The van der Waals surface area contributed by atoms with Crippen molar-refractivity contribution in [3.8, 4) is 5.75 Å². The van der Waals surface area contributed by atoms with Crippen molar-refractivity contribution in [2.75, 3.05) is 6.61 Å². The lowest BCUT2D eigenvalue weighted by Crippen LogP contribution is -2.10. The molecule has 0 N–H and O–H groups in total. The Bertz CT molecular complexity index is 497. The molecule has 0 unspecified atom stereocenters. The first-order chi connectivity index (χ1) is 9.29. The lowest BCUT2D eigenvalue weighted by atomic mass is 10.1. The molecule has 1 aromatic carbocycles. The van der Waals surface area contributed by atoms with Gasteiger partial charge in [-0.1, -0.05) is 25.5 Å². The van der Waals surface area contributed by atoms with Crippen LogP contribution in [0.2, 0.25) is 0 Å². The van der Waals surface area contributed by atoms with Crippen LogP contribution in [-0.2, 0) is 6.42 Å². The van der Waals surface area contributed by atoms with Crippen molar-refractivity contribution in [3.63, 3.8) is 0 Å². The molecule has 2 rings (SSSR count). The van der Waals surface area contributed by atoms with Crippen LogP contribution in [0.5, 0.6) is 5.75 Å². The summed E-state index contributed by atoms with van der Waals surface area (Å²) in [6, 6.07) is 11.2. The molecule has 2 aromatic rings. The Morgan fingerprint density at radius 3 is 2.63 bits per heavy atom. The Kier molecular flexibility index (Phi) is 4.78. The summed E-state index contributed by atoms with van der Waals surface area (Å²) in [5.41, 5.74) is 1.30. The summed E-state index contributed by atoms with van der Waals surface area (Å²) >= 11 is 0. The van der Waals surface area contributed by atoms with Gasteiger partial charge in [0, 0.05) is 0 Å². The van der Waals surface area contributed by atoms with Crippen molar-refractivity contribution in [1.29, 1.82) is 0 Å². The number of hydrogen-bond donors (Lipinski definition) is 0. The van der Waals surface area contributed by atoms with Crippen molar-refractivity contribution in [2.24, 2.45) is 0 Å². The van der Waals surface area contributed by atoms with E-state index in [1.807, 2.05) is 24.3 Å². The average Bonchev–Trinajstić information content (AvgIpc) is 2.98. The summed E-state index contributed by atoms with van der Waals surface area (Å²) in [4.78, 5) is 11.7. The number of hydrogen-bond acceptors (Lipinski definition) is 3. The van der Waals surface area contributed by atoms with Gasteiger partial charge < -0.3 is 9.15 Å². The number of carbonyl (C=O) groups excluding carboxylic acids is 1. The smallest absolute Gasteiger partial charge is 0.235 e. The third kappa shape index (κ3) is 3.98. The highest BCUT2D eigenvalue weighted by Gasteiger charge is 2.09. The third-order valence-corrected chi connectivity index (χ3v) is 2.91. The molecule has 0 amide bonds. The van der Waals surface area contributed by atoms with Crippen LogP contribution in [0.3, 0.4) is 0 Å². The van der Waals surface area contributed by atoms with Gasteiger partial charge in [0.25, 0.3) is 0 Å². The molecule has 0 bridgehead atoms. The molecule has 0 spiro atoms. The van der Waals surface area contributed by atoms with Gasteiger partial charge in [0.2, 0.25) is 5.78 Å². The minimum Gasteiger partial charge on any atom is -0.485 e. The van der Waals surface area contributed by atoms with E-state index < -0.39 is 0 Å². The molecule has 3 heteroatoms. The number of furan rings is 1. The average molecular weight is 258 g/mol. The second-order valence-corrected chi connectivity index (χ2v) is 4.44. The Morgan fingerprint density at radius 2 is 2.00 bits per heavy atom. The van der Waals surface area contributed by atoms with Crippen molar-refractivity contribution < 1.29 is 13.9 Å². The third-order valence-electron chi connectivity index (χ3n) is 2.91. The van der Waals surface area contributed by atoms with E-state index in [2.05, 4.69) is 6.92 Å². The summed E-state index contributed by atoms with van der Waals surface area (Å²) in [7, 11) is 0. The molecule has 0 saturated carbocycles. The predicted molar refractivity (Wildman–Crippen MR) is 73.6 cm³/mol. The standard InChI is InChI=1S/C16H18O3/c1-2-3-5-13-7-9-14(10-8-13)19-12-15(17)16-6-4-11-18-16/h4,6-11H,2-3,5,12H2,1H3. The van der Waals surface area contributed by atoms with Gasteiger partial charge in [-0.25, -0.2) is 0 Å². The van der Waals surface area contributed by atoms with Crippen LogP contribution in [0.25, 0.3) is 0 Å². The summed E-state index contributed by atoms with van der Waals surface area (Å²) in [5, 5.41) is 0. The molecule has 19 heavy (non-hydrogen) atoms. The first kappa shape index (κ1) is 13.4. The largest absolute Gasteiger partial charge is 0.485 e. The number of aryl methyl sites for hydroxylation is 1. The van der Waals surface area contributed by atoms with Gasteiger partial charge in [0.1, 0.15) is 5.75 Å². The molecular weight excluding hydrogens is 240 g/mol. The summed E-state index contributed by atoms with van der Waals surface area (Å²) in [5.74, 6) is 0.889. The summed E-state index contributed by atoms with van der Waals surface area (Å²) < 4.78 is 10.5. The van der Waals surface area contributed by atoms with E-state index in [9.17, 15) is 4.79 Å². The van der Waals surface area contributed by atoms with E-state index >= 15 is 0 Å². The second-order valence-electron chi connectivity index (χ2n) is 4.44. The van der Waals surface area contributed by atoms with E-state index in [1.54, 1.807) is 12.1 Å². The number of ketones is 1. The highest BCUT2D eigenvalue weighted by atomic mass is 16.5. The fraction of sp³-hybridized carbons (Fsp3) is 0.312. The zero-order chi connectivity index (χ0) is 13.5. The van der Waals surface area contributed by atoms with Gasteiger partial charge in [-0.15, -0.1) is 0 Å². The van der Waals surface area contributed by atoms with Gasteiger partial charge in [-0.2, -0.15) is 0 Å². The van der Waals surface area contributed by atoms with Gasteiger partial charge in [-0.3, -0.25) is 4.79 Å². The van der Waals surface area contributed by atoms with Crippen LogP contribution in [0.1, 0.15) is 35.9 Å². The molecule has 0 atom stereocenters. The van der Waals surface area contributed by atoms with Crippen LogP contribution >= 0.6 is 0 Å². The van der Waals surface area contributed by atoms with Crippen LogP contribution in [0.4, 0.5) is 0 Å². The number of unbranched alkanes of at least 4 members (excludes halogenated alkanes) is 1. The van der Waals surface area contributed by atoms with Gasteiger partial charge in [0.05, 0.1) is 6.26 Å². The topological polar surface area (TPSA) is 39.4 Å². The lowest BCUT2D eigenvalue weighted by Gasteiger charge is -2.05. The van der Waals surface area contributed by atoms with Crippen LogP contribution in [0, 0.1) is 0 Å². The molecule has 0 fully saturated rings. The normalized spacial score (nSPS) is 10.4. The first-order valence-corrected chi connectivity index (χ1v) is 6.58. The number of rotatable bonds is 7. The molecular formula is C16H18O3. The van der Waals surface area contributed by atoms with E-state index in [0.717, 1.165) is 6.42 Å². The van der Waals surface area contributed by atoms with Gasteiger partial charge in [0.15, 0.2) is 12.4 Å². The van der Waals surface area contributed by atoms with Crippen molar-refractivity contribution in [2.45, 2.75) is 26.2 Å². The molecule has 100 valence electrons.